The minimum Gasteiger partial charge on any atom is -0.402 e. The summed E-state index contributed by atoms with van der Waals surface area (Å²) in [6, 6.07) is 2.39. The maximum Gasteiger partial charge on any atom is 0.185 e. The molecule has 3 atom stereocenters. The van der Waals surface area contributed by atoms with Gasteiger partial charge in [-0.1, -0.05) is 18.9 Å². The molecule has 0 spiro atoms. The molecule has 3 unspecified atom stereocenters. The van der Waals surface area contributed by atoms with Crippen molar-refractivity contribution in [2.75, 3.05) is 0 Å². The molecule has 3 heteroatoms. The normalized spacial score (nSPS) is 27.2. The molecule has 0 amide bonds. The van der Waals surface area contributed by atoms with Crippen molar-refractivity contribution < 1.29 is 4.43 Å². The predicted molar refractivity (Wildman–Crippen MR) is 74.1 cm³/mol. The van der Waals surface area contributed by atoms with Crippen molar-refractivity contribution in [3.8, 4) is 6.07 Å². The molecule has 0 aromatic rings. The molecule has 0 heterocycles. The third-order valence-electron chi connectivity index (χ3n) is 3.43. The van der Waals surface area contributed by atoms with E-state index in [4.69, 9.17) is 4.43 Å². The molecule has 2 nitrogen and oxygen atoms in total. The van der Waals surface area contributed by atoms with Crippen LogP contribution >= 0.6 is 0 Å². The lowest BCUT2D eigenvalue weighted by molar-refractivity contribution is 0.0998. The standard InChI is InChI=1S/C14H25NOSi/c1-5-8-12-9-6-7-10-13(12)14(11-15)16-17(2,3)4/h5,12-14H,1,6-10H2,2-4H3. The van der Waals surface area contributed by atoms with E-state index in [1.165, 1.54) is 19.3 Å². The predicted octanol–water partition coefficient (Wildman–Crippen LogP) is 4.11. The third-order valence-corrected chi connectivity index (χ3v) is 4.39. The maximum absolute atomic E-state index is 9.35. The number of hydrogen-bond donors (Lipinski definition) is 0. The van der Waals surface area contributed by atoms with Crippen LogP contribution in [0.15, 0.2) is 12.7 Å². The minimum atomic E-state index is -1.63. The number of nitriles is 1. The highest BCUT2D eigenvalue weighted by molar-refractivity contribution is 6.69. The molecule has 96 valence electrons. The zero-order chi connectivity index (χ0) is 12.9. The van der Waals surface area contributed by atoms with Crippen molar-refractivity contribution in [3.05, 3.63) is 12.7 Å². The van der Waals surface area contributed by atoms with Crippen molar-refractivity contribution >= 4 is 8.32 Å². The number of allylic oxidation sites excluding steroid dienone is 1. The van der Waals surface area contributed by atoms with E-state index in [1.54, 1.807) is 0 Å². The summed E-state index contributed by atoms with van der Waals surface area (Å²) in [4.78, 5) is 0. The lowest BCUT2D eigenvalue weighted by Gasteiger charge is -2.36. The fraction of sp³-hybridized carbons (Fsp3) is 0.786. The summed E-state index contributed by atoms with van der Waals surface area (Å²) in [5.74, 6) is 1.01. The molecule has 0 aromatic carbocycles. The molecule has 0 bridgehead atoms. The fourth-order valence-electron chi connectivity index (χ4n) is 2.73. The lowest BCUT2D eigenvalue weighted by Crippen LogP contribution is -2.39. The summed E-state index contributed by atoms with van der Waals surface area (Å²) < 4.78 is 6.05. The number of hydrogen-bond acceptors (Lipinski definition) is 2. The Morgan fingerprint density at radius 1 is 1.41 bits per heavy atom. The highest BCUT2D eigenvalue weighted by atomic mass is 28.4. The molecule has 0 radical (unpaired) electrons. The third kappa shape index (κ3) is 4.65. The average molecular weight is 251 g/mol. The van der Waals surface area contributed by atoms with Crippen LogP contribution in [0.25, 0.3) is 0 Å². The summed E-state index contributed by atoms with van der Waals surface area (Å²) in [5, 5.41) is 9.35. The van der Waals surface area contributed by atoms with Crippen molar-refractivity contribution in [2.45, 2.75) is 57.8 Å². The van der Waals surface area contributed by atoms with E-state index < -0.39 is 8.32 Å². The van der Waals surface area contributed by atoms with E-state index in [0.717, 1.165) is 12.8 Å². The summed E-state index contributed by atoms with van der Waals surface area (Å²) in [5.41, 5.74) is 0. The Hall–Kier alpha value is -0.593. The van der Waals surface area contributed by atoms with Gasteiger partial charge in [0.1, 0.15) is 6.10 Å². The smallest absolute Gasteiger partial charge is 0.185 e. The molecule has 1 rings (SSSR count). The SMILES string of the molecule is C=CCC1CCCCC1C(C#N)O[Si](C)(C)C. The molecule has 1 aliphatic rings. The first-order valence-electron chi connectivity index (χ1n) is 6.66. The Morgan fingerprint density at radius 2 is 2.06 bits per heavy atom. The zero-order valence-corrected chi connectivity index (χ0v) is 12.4. The Bertz CT molecular complexity index is 290. The zero-order valence-electron chi connectivity index (χ0n) is 11.4. The van der Waals surface area contributed by atoms with Crippen LogP contribution < -0.4 is 0 Å². The summed E-state index contributed by atoms with van der Waals surface area (Å²) in [6.45, 7) is 10.3. The second-order valence-electron chi connectivity index (χ2n) is 6.01. The quantitative estimate of drug-likeness (QED) is 0.544. The van der Waals surface area contributed by atoms with E-state index in [-0.39, 0.29) is 6.10 Å². The second-order valence-corrected chi connectivity index (χ2v) is 10.5. The van der Waals surface area contributed by atoms with Crippen molar-refractivity contribution in [2.24, 2.45) is 11.8 Å². The Balaban J connectivity index is 2.70. The first-order chi connectivity index (χ1) is 7.98. The molecule has 17 heavy (non-hydrogen) atoms. The highest BCUT2D eigenvalue weighted by Crippen LogP contribution is 2.36. The maximum atomic E-state index is 9.35. The lowest BCUT2D eigenvalue weighted by atomic mass is 9.75. The molecule has 0 aromatic heterocycles. The van der Waals surface area contributed by atoms with Gasteiger partial charge in [0.05, 0.1) is 6.07 Å². The van der Waals surface area contributed by atoms with Gasteiger partial charge in [-0.15, -0.1) is 6.58 Å². The molecule has 1 saturated carbocycles. The van der Waals surface area contributed by atoms with Gasteiger partial charge in [-0.25, -0.2) is 0 Å². The number of rotatable bonds is 5. The van der Waals surface area contributed by atoms with Crippen LogP contribution in [0.1, 0.15) is 32.1 Å². The van der Waals surface area contributed by atoms with Crippen LogP contribution in [0.3, 0.4) is 0 Å². The molecular weight excluding hydrogens is 226 g/mol. The monoisotopic (exact) mass is 251 g/mol. The van der Waals surface area contributed by atoms with E-state index >= 15 is 0 Å². The van der Waals surface area contributed by atoms with E-state index in [9.17, 15) is 5.26 Å². The Labute approximate surface area is 107 Å². The van der Waals surface area contributed by atoms with Crippen LogP contribution in [-0.4, -0.2) is 14.4 Å². The highest BCUT2D eigenvalue weighted by Gasteiger charge is 2.34. The molecule has 1 fully saturated rings. The summed E-state index contributed by atoms with van der Waals surface area (Å²) in [7, 11) is -1.63. The van der Waals surface area contributed by atoms with E-state index in [2.05, 4.69) is 32.3 Å². The van der Waals surface area contributed by atoms with Gasteiger partial charge in [-0.05, 0) is 44.8 Å². The van der Waals surface area contributed by atoms with Gasteiger partial charge in [0, 0.05) is 5.92 Å². The van der Waals surface area contributed by atoms with E-state index in [0.29, 0.717) is 11.8 Å². The van der Waals surface area contributed by atoms with Crippen LogP contribution in [-0.2, 0) is 4.43 Å². The van der Waals surface area contributed by atoms with Crippen LogP contribution in [0.5, 0.6) is 0 Å². The van der Waals surface area contributed by atoms with Gasteiger partial charge >= 0.3 is 0 Å². The Morgan fingerprint density at radius 3 is 2.59 bits per heavy atom. The average Bonchev–Trinajstić information content (AvgIpc) is 2.26. The Kier molecular flexibility index (Phi) is 5.42. The number of nitrogens with zero attached hydrogens (tertiary/aromatic N) is 1. The fourth-order valence-corrected chi connectivity index (χ4v) is 3.72. The molecular formula is C14H25NOSi. The molecule has 1 aliphatic carbocycles. The second kappa shape index (κ2) is 6.37. The first kappa shape index (κ1) is 14.5. The molecule has 0 N–H and O–H groups in total. The van der Waals surface area contributed by atoms with Crippen molar-refractivity contribution in [1.82, 2.24) is 0 Å². The first-order valence-corrected chi connectivity index (χ1v) is 10.1. The molecule has 0 saturated heterocycles. The topological polar surface area (TPSA) is 33.0 Å². The van der Waals surface area contributed by atoms with Gasteiger partial charge in [-0.3, -0.25) is 0 Å². The van der Waals surface area contributed by atoms with Crippen LogP contribution in [0.4, 0.5) is 0 Å². The van der Waals surface area contributed by atoms with Crippen LogP contribution in [0, 0.1) is 23.2 Å². The van der Waals surface area contributed by atoms with Gasteiger partial charge in [0.15, 0.2) is 8.32 Å². The summed E-state index contributed by atoms with van der Waals surface area (Å²) >= 11 is 0. The minimum absolute atomic E-state index is 0.202. The van der Waals surface area contributed by atoms with Gasteiger partial charge in [0.25, 0.3) is 0 Å². The van der Waals surface area contributed by atoms with Crippen molar-refractivity contribution in [1.29, 1.82) is 5.26 Å². The van der Waals surface area contributed by atoms with Gasteiger partial charge in [0.2, 0.25) is 0 Å². The van der Waals surface area contributed by atoms with Gasteiger partial charge < -0.3 is 4.43 Å². The van der Waals surface area contributed by atoms with E-state index in [1.807, 2.05) is 6.08 Å². The van der Waals surface area contributed by atoms with Crippen molar-refractivity contribution in [3.63, 3.8) is 0 Å². The largest absolute Gasteiger partial charge is 0.402 e. The summed E-state index contributed by atoms with van der Waals surface area (Å²) in [6.07, 6.45) is 7.72. The van der Waals surface area contributed by atoms with Gasteiger partial charge in [-0.2, -0.15) is 5.26 Å². The van der Waals surface area contributed by atoms with Crippen LogP contribution in [0.2, 0.25) is 19.6 Å². The molecule has 0 aliphatic heterocycles.